The maximum atomic E-state index is 3.64. The van der Waals surface area contributed by atoms with Crippen LogP contribution in [0.15, 0.2) is 0 Å². The van der Waals surface area contributed by atoms with E-state index in [0.717, 1.165) is 12.6 Å². The second-order valence-electron chi connectivity index (χ2n) is 4.61. The summed E-state index contributed by atoms with van der Waals surface area (Å²) in [6.45, 7) is 8.02. The third-order valence-corrected chi connectivity index (χ3v) is 3.44. The summed E-state index contributed by atoms with van der Waals surface area (Å²) < 4.78 is 0. The van der Waals surface area contributed by atoms with E-state index in [1.54, 1.807) is 0 Å². The summed E-state index contributed by atoms with van der Waals surface area (Å²) in [6, 6.07) is 2.22. The van der Waals surface area contributed by atoms with Crippen molar-refractivity contribution in [3.8, 4) is 0 Å². The number of likely N-dealkylation sites (N-methyl/N-ethyl adjacent to an activating group) is 1. The van der Waals surface area contributed by atoms with Crippen LogP contribution in [0.1, 0.15) is 46.5 Å². The molecule has 1 fully saturated rings. The van der Waals surface area contributed by atoms with Crippen molar-refractivity contribution in [1.82, 2.24) is 10.2 Å². The van der Waals surface area contributed by atoms with Gasteiger partial charge in [0.15, 0.2) is 0 Å². The van der Waals surface area contributed by atoms with E-state index in [9.17, 15) is 0 Å². The normalized spacial score (nSPS) is 21.2. The lowest BCUT2D eigenvalue weighted by atomic mass is 10.1. The van der Waals surface area contributed by atoms with Crippen molar-refractivity contribution in [3.63, 3.8) is 0 Å². The third-order valence-electron chi connectivity index (χ3n) is 3.44. The standard InChI is InChI=1S/C12H26N2/c1-5-9-13-12(6-2)10(3)14(4)11-7-8-11/h10-13H,5-9H2,1-4H3. The quantitative estimate of drug-likeness (QED) is 0.675. The lowest BCUT2D eigenvalue weighted by molar-refractivity contribution is 0.194. The van der Waals surface area contributed by atoms with Crippen molar-refractivity contribution in [3.05, 3.63) is 0 Å². The molecule has 1 aliphatic carbocycles. The lowest BCUT2D eigenvalue weighted by Crippen LogP contribution is -2.47. The Balaban J connectivity index is 2.33. The van der Waals surface area contributed by atoms with Gasteiger partial charge in [0.05, 0.1) is 0 Å². The van der Waals surface area contributed by atoms with Crippen LogP contribution in [0, 0.1) is 0 Å². The monoisotopic (exact) mass is 198 g/mol. The predicted molar refractivity (Wildman–Crippen MR) is 62.6 cm³/mol. The van der Waals surface area contributed by atoms with E-state index in [-0.39, 0.29) is 0 Å². The van der Waals surface area contributed by atoms with Crippen molar-refractivity contribution in [2.75, 3.05) is 13.6 Å². The predicted octanol–water partition coefficient (Wildman–Crippen LogP) is 2.25. The van der Waals surface area contributed by atoms with Crippen LogP contribution in [0.4, 0.5) is 0 Å². The molecule has 0 aromatic heterocycles. The zero-order chi connectivity index (χ0) is 10.6. The molecular formula is C12H26N2. The van der Waals surface area contributed by atoms with E-state index in [0.29, 0.717) is 12.1 Å². The van der Waals surface area contributed by atoms with Crippen LogP contribution in [0.3, 0.4) is 0 Å². The molecule has 0 spiro atoms. The molecule has 1 N–H and O–H groups in total. The SMILES string of the molecule is CCCNC(CC)C(C)N(C)C1CC1. The van der Waals surface area contributed by atoms with Crippen molar-refractivity contribution >= 4 is 0 Å². The number of hydrogen-bond acceptors (Lipinski definition) is 2. The summed E-state index contributed by atoms with van der Waals surface area (Å²) in [5.41, 5.74) is 0. The second-order valence-corrected chi connectivity index (χ2v) is 4.61. The van der Waals surface area contributed by atoms with Gasteiger partial charge in [-0.05, 0) is 46.2 Å². The van der Waals surface area contributed by atoms with Gasteiger partial charge in [-0.2, -0.15) is 0 Å². The highest BCUT2D eigenvalue weighted by molar-refractivity contribution is 4.89. The van der Waals surface area contributed by atoms with Gasteiger partial charge in [0.1, 0.15) is 0 Å². The molecule has 0 aromatic rings. The number of hydrogen-bond donors (Lipinski definition) is 1. The fourth-order valence-electron chi connectivity index (χ4n) is 2.08. The number of nitrogens with zero attached hydrogens (tertiary/aromatic N) is 1. The van der Waals surface area contributed by atoms with Crippen LogP contribution >= 0.6 is 0 Å². The van der Waals surface area contributed by atoms with Crippen molar-refractivity contribution < 1.29 is 0 Å². The van der Waals surface area contributed by atoms with Crippen LogP contribution in [0.2, 0.25) is 0 Å². The Bertz CT molecular complexity index is 154. The van der Waals surface area contributed by atoms with Crippen molar-refractivity contribution in [2.24, 2.45) is 0 Å². The second kappa shape index (κ2) is 5.72. The largest absolute Gasteiger partial charge is 0.312 e. The molecule has 0 bridgehead atoms. The topological polar surface area (TPSA) is 15.3 Å². The van der Waals surface area contributed by atoms with Gasteiger partial charge >= 0.3 is 0 Å². The summed E-state index contributed by atoms with van der Waals surface area (Å²) in [7, 11) is 2.28. The van der Waals surface area contributed by atoms with Gasteiger partial charge < -0.3 is 5.32 Å². The zero-order valence-electron chi connectivity index (χ0n) is 10.2. The average Bonchev–Trinajstić information content (AvgIpc) is 3.01. The summed E-state index contributed by atoms with van der Waals surface area (Å²) in [6.07, 6.45) is 5.28. The first-order valence-corrected chi connectivity index (χ1v) is 6.16. The Morgan fingerprint density at radius 3 is 2.43 bits per heavy atom. The summed E-state index contributed by atoms with van der Waals surface area (Å²) in [4.78, 5) is 2.55. The average molecular weight is 198 g/mol. The van der Waals surface area contributed by atoms with Crippen LogP contribution in [-0.4, -0.2) is 36.6 Å². The first kappa shape index (κ1) is 12.0. The van der Waals surface area contributed by atoms with Gasteiger partial charge in [0.2, 0.25) is 0 Å². The molecule has 0 aliphatic heterocycles. The highest BCUT2D eigenvalue weighted by Gasteiger charge is 2.31. The summed E-state index contributed by atoms with van der Waals surface area (Å²) >= 11 is 0. The van der Waals surface area contributed by atoms with E-state index in [1.165, 1.54) is 25.7 Å². The van der Waals surface area contributed by atoms with E-state index in [2.05, 4.69) is 38.0 Å². The molecule has 1 saturated carbocycles. The minimum atomic E-state index is 0.667. The minimum absolute atomic E-state index is 0.667. The van der Waals surface area contributed by atoms with Gasteiger partial charge in [0, 0.05) is 18.1 Å². The Kier molecular flexibility index (Phi) is 4.90. The Hall–Kier alpha value is -0.0800. The van der Waals surface area contributed by atoms with Crippen LogP contribution in [0.25, 0.3) is 0 Å². The zero-order valence-corrected chi connectivity index (χ0v) is 10.2. The molecule has 0 aromatic carbocycles. The molecule has 0 saturated heterocycles. The molecule has 2 atom stereocenters. The summed E-state index contributed by atoms with van der Waals surface area (Å²) in [5.74, 6) is 0. The molecule has 0 amide bonds. The van der Waals surface area contributed by atoms with Gasteiger partial charge in [-0.1, -0.05) is 13.8 Å². The van der Waals surface area contributed by atoms with Gasteiger partial charge in [0.25, 0.3) is 0 Å². The molecule has 0 heterocycles. The van der Waals surface area contributed by atoms with Gasteiger partial charge in [-0.15, -0.1) is 0 Å². The molecule has 0 radical (unpaired) electrons. The Morgan fingerprint density at radius 2 is 2.00 bits per heavy atom. The van der Waals surface area contributed by atoms with Crippen molar-refractivity contribution in [1.29, 1.82) is 0 Å². The maximum absolute atomic E-state index is 3.64. The van der Waals surface area contributed by atoms with E-state index in [1.807, 2.05) is 0 Å². The maximum Gasteiger partial charge on any atom is 0.0220 e. The molecule has 2 heteroatoms. The Morgan fingerprint density at radius 1 is 1.36 bits per heavy atom. The Labute approximate surface area is 89.1 Å². The smallest absolute Gasteiger partial charge is 0.0220 e. The van der Waals surface area contributed by atoms with Crippen LogP contribution in [0.5, 0.6) is 0 Å². The third kappa shape index (κ3) is 3.25. The van der Waals surface area contributed by atoms with Gasteiger partial charge in [-0.3, -0.25) is 4.90 Å². The minimum Gasteiger partial charge on any atom is -0.312 e. The first-order valence-electron chi connectivity index (χ1n) is 6.16. The lowest BCUT2D eigenvalue weighted by Gasteiger charge is -2.32. The number of nitrogens with one attached hydrogen (secondary N) is 1. The van der Waals surface area contributed by atoms with E-state index < -0.39 is 0 Å². The molecular weight excluding hydrogens is 172 g/mol. The molecule has 2 nitrogen and oxygen atoms in total. The van der Waals surface area contributed by atoms with E-state index >= 15 is 0 Å². The fraction of sp³-hybridized carbons (Fsp3) is 1.00. The molecule has 14 heavy (non-hydrogen) atoms. The van der Waals surface area contributed by atoms with E-state index in [4.69, 9.17) is 0 Å². The van der Waals surface area contributed by atoms with Crippen molar-refractivity contribution in [2.45, 2.75) is 64.6 Å². The molecule has 1 aliphatic rings. The molecule has 2 unspecified atom stereocenters. The highest BCUT2D eigenvalue weighted by Crippen LogP contribution is 2.28. The van der Waals surface area contributed by atoms with Crippen LogP contribution in [-0.2, 0) is 0 Å². The molecule has 84 valence electrons. The highest BCUT2D eigenvalue weighted by atomic mass is 15.2. The first-order chi connectivity index (χ1) is 6.70. The van der Waals surface area contributed by atoms with Gasteiger partial charge in [-0.25, -0.2) is 0 Å². The fourth-order valence-corrected chi connectivity index (χ4v) is 2.08. The molecule has 1 rings (SSSR count). The summed E-state index contributed by atoms with van der Waals surface area (Å²) in [5, 5.41) is 3.64. The number of rotatable bonds is 7. The van der Waals surface area contributed by atoms with Crippen LogP contribution < -0.4 is 5.32 Å².